The van der Waals surface area contributed by atoms with Crippen LogP contribution < -0.4 is 17.4 Å². The Bertz CT molecular complexity index is 689. The molecule has 25 heavy (non-hydrogen) atoms. The van der Waals surface area contributed by atoms with Gasteiger partial charge in [0.05, 0.1) is 5.52 Å². The van der Waals surface area contributed by atoms with E-state index in [9.17, 15) is 0 Å². The Hall–Kier alpha value is -2.51. The molecule has 0 fully saturated rings. The van der Waals surface area contributed by atoms with E-state index in [1.165, 1.54) is 16.3 Å². The molecule has 0 spiro atoms. The predicted molar refractivity (Wildman–Crippen MR) is 94.7 cm³/mol. The Morgan fingerprint density at radius 3 is 1.96 bits per heavy atom. The van der Waals surface area contributed by atoms with Crippen molar-refractivity contribution in [3.05, 3.63) is 85.2 Å². The summed E-state index contributed by atoms with van der Waals surface area (Å²) in [5.74, 6) is 0. The second kappa shape index (κ2) is 11.1. The van der Waals surface area contributed by atoms with Crippen molar-refractivity contribution in [2.45, 2.75) is 0 Å². The van der Waals surface area contributed by atoms with E-state index in [1.807, 2.05) is 54.9 Å². The molecule has 0 saturated carbocycles. The lowest BCUT2D eigenvalue weighted by Crippen LogP contribution is -3.00. The standard InChI is InChI=1S/2C9H7N.BH3O3.ClH/c2*1-2-6-9-8(4-1)5-3-7-10-9;2-1(3)4;/h2*1-7H;2-4H;1H. The quantitative estimate of drug-likeness (QED) is 0.347. The predicted octanol–water partition coefficient (Wildman–Crippen LogP) is -1.16. The number of aromatic amines is 1. The normalized spacial score (nSPS) is 9.08. The summed E-state index contributed by atoms with van der Waals surface area (Å²) in [6.07, 6.45) is 3.74. The number of nitrogens with zero attached hydrogens (tertiary/aromatic N) is 1. The fourth-order valence-electron chi connectivity index (χ4n) is 2.08. The van der Waals surface area contributed by atoms with Crippen LogP contribution in [0.25, 0.3) is 21.8 Å². The van der Waals surface area contributed by atoms with Crippen molar-refractivity contribution in [3.8, 4) is 0 Å². The Balaban J connectivity index is 0.000000201. The molecule has 2 heterocycles. The number of benzene rings is 2. The Kier molecular flexibility index (Phi) is 9.14. The molecule has 0 aliphatic heterocycles. The second-order valence-corrected chi connectivity index (χ2v) is 4.80. The van der Waals surface area contributed by atoms with E-state index in [-0.39, 0.29) is 12.4 Å². The zero-order valence-corrected chi connectivity index (χ0v) is 14.1. The van der Waals surface area contributed by atoms with Crippen molar-refractivity contribution in [3.63, 3.8) is 0 Å². The number of rotatable bonds is 0. The minimum atomic E-state index is -2.17. The highest BCUT2D eigenvalue weighted by Gasteiger charge is 1.93. The minimum Gasteiger partial charge on any atom is -1.00 e. The number of hydrogen-bond acceptors (Lipinski definition) is 4. The topological polar surface area (TPSA) is 87.7 Å². The molecule has 128 valence electrons. The van der Waals surface area contributed by atoms with Gasteiger partial charge in [0, 0.05) is 29.1 Å². The van der Waals surface area contributed by atoms with E-state index in [2.05, 4.69) is 40.3 Å². The van der Waals surface area contributed by atoms with Crippen molar-refractivity contribution in [1.82, 2.24) is 4.98 Å². The van der Waals surface area contributed by atoms with E-state index in [1.54, 1.807) is 0 Å². The Morgan fingerprint density at radius 1 is 0.720 bits per heavy atom. The van der Waals surface area contributed by atoms with Crippen molar-refractivity contribution in [2.24, 2.45) is 0 Å². The highest BCUT2D eigenvalue weighted by molar-refractivity contribution is 6.30. The van der Waals surface area contributed by atoms with Gasteiger partial charge < -0.3 is 27.5 Å². The monoisotopic (exact) mass is 356 g/mol. The van der Waals surface area contributed by atoms with Gasteiger partial charge in [0.2, 0.25) is 5.52 Å². The van der Waals surface area contributed by atoms with Crippen LogP contribution in [-0.2, 0) is 0 Å². The summed E-state index contributed by atoms with van der Waals surface area (Å²) in [7, 11) is -2.17. The molecule has 5 nitrogen and oxygen atoms in total. The van der Waals surface area contributed by atoms with Crippen LogP contribution in [0, 0.1) is 0 Å². The minimum absolute atomic E-state index is 0. The Morgan fingerprint density at radius 2 is 1.28 bits per heavy atom. The fraction of sp³-hybridized carbons (Fsp3) is 0. The molecular formula is C18H18BClN2O3. The molecule has 2 aromatic carbocycles. The lowest BCUT2D eigenvalue weighted by atomic mass is 10.2. The number of nitrogens with one attached hydrogen (secondary N) is 1. The fourth-order valence-corrected chi connectivity index (χ4v) is 2.08. The molecule has 7 heteroatoms. The van der Waals surface area contributed by atoms with Crippen molar-refractivity contribution >= 4 is 29.1 Å². The van der Waals surface area contributed by atoms with Gasteiger partial charge in [0.25, 0.3) is 0 Å². The molecule has 0 aliphatic rings. The third-order valence-electron chi connectivity index (χ3n) is 3.08. The second-order valence-electron chi connectivity index (χ2n) is 4.80. The average Bonchev–Trinajstić information content (AvgIpc) is 2.62. The third-order valence-corrected chi connectivity index (χ3v) is 3.08. The van der Waals surface area contributed by atoms with Crippen LogP contribution in [0.4, 0.5) is 0 Å². The molecule has 4 N–H and O–H groups in total. The van der Waals surface area contributed by atoms with E-state index in [0.29, 0.717) is 0 Å². The van der Waals surface area contributed by atoms with Crippen LogP contribution in [0.2, 0.25) is 0 Å². The largest absolute Gasteiger partial charge is 1.00 e. The molecule has 4 aromatic rings. The van der Waals surface area contributed by atoms with Gasteiger partial charge in [0.15, 0.2) is 6.20 Å². The zero-order valence-electron chi connectivity index (χ0n) is 13.3. The number of aromatic nitrogens is 2. The maximum absolute atomic E-state index is 7.17. The van der Waals surface area contributed by atoms with Gasteiger partial charge in [0.1, 0.15) is 0 Å². The molecule has 0 bridgehead atoms. The first-order valence-corrected chi connectivity index (χ1v) is 7.36. The number of halogens is 1. The summed E-state index contributed by atoms with van der Waals surface area (Å²) in [6.45, 7) is 0. The van der Waals surface area contributed by atoms with E-state index in [0.717, 1.165) is 5.52 Å². The maximum Gasteiger partial charge on any atom is 0.631 e. The first-order valence-electron chi connectivity index (χ1n) is 7.36. The summed E-state index contributed by atoms with van der Waals surface area (Å²) in [4.78, 5) is 7.33. The number of hydrogen-bond donors (Lipinski definition) is 3. The molecule has 2 aromatic heterocycles. The highest BCUT2D eigenvalue weighted by atomic mass is 35.5. The van der Waals surface area contributed by atoms with Crippen LogP contribution in [-0.4, -0.2) is 27.4 Å². The zero-order chi connectivity index (χ0) is 17.2. The van der Waals surface area contributed by atoms with E-state index < -0.39 is 7.32 Å². The van der Waals surface area contributed by atoms with Gasteiger partial charge in [-0.15, -0.1) is 0 Å². The summed E-state index contributed by atoms with van der Waals surface area (Å²) in [5.41, 5.74) is 2.25. The first-order chi connectivity index (χ1) is 11.7. The van der Waals surface area contributed by atoms with Crippen molar-refractivity contribution in [2.75, 3.05) is 0 Å². The summed E-state index contributed by atoms with van der Waals surface area (Å²) < 4.78 is 0. The van der Waals surface area contributed by atoms with Gasteiger partial charge in [-0.1, -0.05) is 36.4 Å². The average molecular weight is 357 g/mol. The van der Waals surface area contributed by atoms with Gasteiger partial charge in [-0.25, -0.2) is 4.98 Å². The number of pyridine rings is 2. The molecule has 4 rings (SSSR count). The van der Waals surface area contributed by atoms with Gasteiger partial charge >= 0.3 is 7.32 Å². The molecular weight excluding hydrogens is 338 g/mol. The van der Waals surface area contributed by atoms with E-state index >= 15 is 0 Å². The van der Waals surface area contributed by atoms with E-state index in [4.69, 9.17) is 15.1 Å². The molecule has 0 unspecified atom stereocenters. The number of H-pyrrole nitrogens is 1. The SMILES string of the molecule is OB(O)O.[Cl-].c1ccc2[nH+]cccc2c1.c1ccc2ncccc2c1. The molecule has 0 aliphatic carbocycles. The molecule has 0 radical (unpaired) electrons. The van der Waals surface area contributed by atoms with Crippen molar-refractivity contribution < 1.29 is 32.5 Å². The van der Waals surface area contributed by atoms with Crippen LogP contribution in [0.1, 0.15) is 0 Å². The molecule has 0 atom stereocenters. The van der Waals surface area contributed by atoms with Gasteiger partial charge in [-0.2, -0.15) is 0 Å². The van der Waals surface area contributed by atoms with Crippen LogP contribution in [0.3, 0.4) is 0 Å². The van der Waals surface area contributed by atoms with Gasteiger partial charge in [-0.3, -0.25) is 4.98 Å². The van der Waals surface area contributed by atoms with Crippen LogP contribution in [0.15, 0.2) is 85.2 Å². The number of fused-ring (bicyclic) bond motifs is 2. The van der Waals surface area contributed by atoms with Gasteiger partial charge in [-0.05, 0) is 24.3 Å². The smallest absolute Gasteiger partial charge is 0.631 e. The third kappa shape index (κ3) is 7.28. The summed E-state index contributed by atoms with van der Waals surface area (Å²) in [5, 5.41) is 24.0. The molecule has 0 saturated heterocycles. The van der Waals surface area contributed by atoms with Crippen molar-refractivity contribution in [1.29, 1.82) is 0 Å². The van der Waals surface area contributed by atoms with Crippen LogP contribution >= 0.6 is 0 Å². The Labute approximate surface area is 152 Å². The highest BCUT2D eigenvalue weighted by Crippen LogP contribution is 2.08. The summed E-state index contributed by atoms with van der Waals surface area (Å²) in [6, 6.07) is 24.4. The lowest BCUT2D eigenvalue weighted by molar-refractivity contribution is -0.344. The maximum atomic E-state index is 7.17. The first kappa shape index (κ1) is 20.5. The summed E-state index contributed by atoms with van der Waals surface area (Å²) >= 11 is 0. The molecule has 0 amide bonds. The number of para-hydroxylation sites is 2. The lowest BCUT2D eigenvalue weighted by Gasteiger charge is -1.91. The van der Waals surface area contributed by atoms with Crippen LogP contribution in [0.5, 0.6) is 0 Å².